The number of nitrogens with zero attached hydrogens (tertiary/aromatic N) is 9. The van der Waals surface area contributed by atoms with Gasteiger partial charge >= 0.3 is 290 Å². The van der Waals surface area contributed by atoms with Crippen molar-refractivity contribution < 1.29 is 354 Å². The summed E-state index contributed by atoms with van der Waals surface area (Å²) in [5.74, 6) is -1.71. The number of nitrogen functional groups attached to an aromatic ring is 1. The second kappa shape index (κ2) is 49.6. The Kier molecular flexibility index (Phi) is 55.8. The molecule has 0 heterocycles. The van der Waals surface area contributed by atoms with Gasteiger partial charge in [-0.1, -0.05) is 11.0 Å². The second-order valence-electron chi connectivity index (χ2n) is 13.6. The molecule has 0 aromatic heterocycles. The molecule has 0 spiro atoms. The minimum absolute atomic E-state index is 0. The number of nitrogens with two attached hydrogens (primary N) is 1. The summed E-state index contributed by atoms with van der Waals surface area (Å²) in [6.07, 6.45) is 0. The van der Waals surface area contributed by atoms with Crippen LogP contribution in [-0.4, -0.2) is 117 Å². The topological polar surface area (TPSA) is 636 Å². The van der Waals surface area contributed by atoms with Crippen LogP contribution in [0.2, 0.25) is 0 Å². The Hall–Kier alpha value is -1.91. The molecule has 0 amide bonds. The maximum atomic E-state index is 12.7. The van der Waals surface area contributed by atoms with Gasteiger partial charge in [0.15, 0.2) is 11.4 Å². The molecule has 38 nitrogen and oxygen atoms in total. The summed E-state index contributed by atoms with van der Waals surface area (Å²) >= 11 is 0. The number of nitro benzene ring substituents is 1. The van der Waals surface area contributed by atoms with Gasteiger partial charge in [0.05, 0.1) is 27.3 Å². The number of phenolic OH excluding ortho intramolecular Hbond substituents is 2. The minimum Gasteiger partial charge on any atom is -0.746 e. The number of azo groups is 4. The van der Waals surface area contributed by atoms with Crippen molar-refractivity contribution in [3.8, 4) is 11.5 Å². The van der Waals surface area contributed by atoms with E-state index < -0.39 is 137 Å². The molecule has 4 N–H and O–H groups in total. The van der Waals surface area contributed by atoms with Crippen molar-refractivity contribution >= 4 is 162 Å². The van der Waals surface area contributed by atoms with Crippen molar-refractivity contribution in [2.75, 3.05) is 5.73 Å². The van der Waals surface area contributed by atoms with Gasteiger partial charge in [0.1, 0.15) is 36.0 Å². The van der Waals surface area contributed by atoms with Crippen LogP contribution < -0.4 is 242 Å². The monoisotopic (exact) mass is 1500 g/mol. The van der Waals surface area contributed by atoms with Crippen LogP contribution in [0.25, 0.3) is 21.5 Å². The zero-order valence-corrected chi connectivity index (χ0v) is 70.0. The third kappa shape index (κ3) is 36.6. The van der Waals surface area contributed by atoms with Gasteiger partial charge < -0.3 is 29.6 Å². The fourth-order valence-corrected chi connectivity index (χ4v) is 7.44. The van der Waals surface area contributed by atoms with Crippen molar-refractivity contribution in [1.29, 1.82) is 0 Å². The molecule has 92 heavy (non-hydrogen) atoms. The number of fused-ring (bicyclic) bond motifs is 2. The van der Waals surface area contributed by atoms with Gasteiger partial charge in [0.25, 0.3) is 0 Å². The molecule has 7 aromatic rings. The maximum absolute atomic E-state index is 12.7. The summed E-state index contributed by atoms with van der Waals surface area (Å²) in [4.78, 5) is 7.87. The number of benzene rings is 7. The third-order valence-electron chi connectivity index (χ3n) is 8.62. The van der Waals surface area contributed by atoms with E-state index in [0.29, 0.717) is 6.07 Å². The SMILES string of the molecule is Nc1c(N=Nc2ccc(N=Nc3[c-]ccc(S(=O)(=O)[O-])c3)c3cc(S(=O)(=O)[O-])c(N=Nc4c[c-]ccc4S(=O)(=O)[O-])c(O)c23)c[c-]c2c[c-]c(N=Nc3cc[c-]cc3[N+](=O)[O-])c(O)c12.O=S(=O)=O.O=S(=O)=O.O=S(=O)=O.O=S(=O)=O.O=S(=O)=O.[Na+].[Na+].[Na+].[Na+].[Na+].[Na+].[Na+].[Na+]. The van der Waals surface area contributed by atoms with Gasteiger partial charge in [0, 0.05) is 16.0 Å². The molecular formula is C38H18N10Na8O28S8. The second-order valence-corrected chi connectivity index (χ2v) is 19.7. The van der Waals surface area contributed by atoms with Crippen LogP contribution in [0.1, 0.15) is 0 Å². The quantitative estimate of drug-likeness (QED) is 0.0194. The molecule has 0 atom stereocenters. The Morgan fingerprint density at radius 1 is 0.446 bits per heavy atom. The maximum Gasteiger partial charge on any atom is 1.00 e. The standard InChI is InChI=1S/C38H21N10O13S3.8Na.5O3S/c39-35-28(14-12-20-13-15-29(37(49)33(20)35)46-42-25-8-1-3-10-30(25)48(51)52)45-44-27-17-16-24(41-40-21-6-5-7-22(18-21)62(53,54)55)23-19-32(64(59,60)61)36(38(50)34(23)27)47-43-26-9-2-4-11-31(26)63(56,57)58;;;;;;;;;5*1-4(2)3/h1,4-5,7-11,13-14,16-19,49-50H,39H2,(H,53,54,55)(H,56,57,58)(H,59,60,61);;;;;;;;;;;;;/q-5;8*+1;;;;;/p-3. The van der Waals surface area contributed by atoms with Crippen molar-refractivity contribution in [3.63, 3.8) is 0 Å². The molecule has 54 heteroatoms. The summed E-state index contributed by atoms with van der Waals surface area (Å²) in [5, 5.41) is 64.6. The van der Waals surface area contributed by atoms with Crippen LogP contribution in [0, 0.1) is 40.4 Å². The Labute approximate surface area is 701 Å². The predicted molar refractivity (Wildman–Crippen MR) is 265 cm³/mol. The molecule has 0 aliphatic rings. The van der Waals surface area contributed by atoms with Gasteiger partial charge in [-0.2, -0.15) is 89.7 Å². The molecule has 0 aliphatic heterocycles. The van der Waals surface area contributed by atoms with E-state index in [2.05, 4.69) is 71.2 Å². The van der Waals surface area contributed by atoms with Crippen LogP contribution in [0.15, 0.2) is 141 Å². The van der Waals surface area contributed by atoms with Crippen LogP contribution in [0.4, 0.5) is 56.9 Å². The number of aromatic hydroxyl groups is 2. The molecule has 0 aliphatic carbocycles. The first-order chi connectivity index (χ1) is 38.9. The van der Waals surface area contributed by atoms with Gasteiger partial charge in [0.2, 0.25) is 0 Å². The summed E-state index contributed by atoms with van der Waals surface area (Å²) < 4.78 is 235. The average Bonchev–Trinajstić information content (AvgIpc) is 3.36. The summed E-state index contributed by atoms with van der Waals surface area (Å²) in [5.41, 5.74) is 2.51. The molecule has 7 aromatic carbocycles. The first kappa shape index (κ1) is 104. The number of rotatable bonds is 12. The Morgan fingerprint density at radius 2 is 0.902 bits per heavy atom. The number of hydrogen-bond acceptors (Lipinski definition) is 37. The normalized spacial score (nSPS) is 10.2. The van der Waals surface area contributed by atoms with Gasteiger partial charge in [-0.05, 0) is 51.6 Å². The van der Waals surface area contributed by atoms with Gasteiger partial charge in [-0.15, -0.1) is 87.4 Å². The van der Waals surface area contributed by atoms with E-state index in [1.807, 2.05) is 0 Å². The van der Waals surface area contributed by atoms with Crippen LogP contribution in [0.3, 0.4) is 0 Å². The smallest absolute Gasteiger partial charge is 0.746 e. The Morgan fingerprint density at radius 3 is 1.40 bits per heavy atom. The molecule has 0 radical (unpaired) electrons. The fraction of sp³-hybridized carbons (Fsp3) is 0. The number of hydrogen-bond donors (Lipinski definition) is 3. The third-order valence-corrected chi connectivity index (χ3v) is 11.2. The average molecular weight is 1500 g/mol. The number of anilines is 1. The van der Waals surface area contributed by atoms with E-state index >= 15 is 0 Å². The van der Waals surface area contributed by atoms with E-state index in [4.69, 9.17) is 68.9 Å². The van der Waals surface area contributed by atoms with Crippen LogP contribution >= 0.6 is 0 Å². The largest absolute Gasteiger partial charge is 1.00 e. The summed E-state index contributed by atoms with van der Waals surface area (Å²) in [6.45, 7) is 0. The summed E-state index contributed by atoms with van der Waals surface area (Å²) in [6, 6.07) is 28.0. The van der Waals surface area contributed by atoms with E-state index in [0.717, 1.165) is 54.6 Å². The van der Waals surface area contributed by atoms with Crippen molar-refractivity contribution in [3.05, 3.63) is 125 Å². The molecule has 0 bridgehead atoms. The minimum atomic E-state index is -5.60. The Balaban J connectivity index is -0.000000454. The molecule has 7 rings (SSSR count). The molecule has 0 unspecified atom stereocenters. The summed E-state index contributed by atoms with van der Waals surface area (Å²) in [7, 11) is -31.3. The van der Waals surface area contributed by atoms with E-state index in [1.54, 1.807) is 0 Å². The molecule has 0 saturated carbocycles. The molecule has 0 fully saturated rings. The van der Waals surface area contributed by atoms with E-state index in [-0.39, 0.29) is 292 Å². The van der Waals surface area contributed by atoms with Crippen LogP contribution in [-0.2, 0) is 83.4 Å². The molecular weight excluding hydrogens is 1480 g/mol. The van der Waals surface area contributed by atoms with Crippen molar-refractivity contribution in [1.82, 2.24) is 0 Å². The van der Waals surface area contributed by atoms with Crippen molar-refractivity contribution in [2.24, 2.45) is 40.9 Å². The fourth-order valence-electron chi connectivity index (χ4n) is 5.72. The van der Waals surface area contributed by atoms with Gasteiger partial charge in [-0.25, -0.2) is 54.0 Å². The number of nitro groups is 1. The Bertz CT molecular complexity index is 4670. The molecule has 444 valence electrons. The first-order valence-corrected chi connectivity index (χ1v) is 28.9. The van der Waals surface area contributed by atoms with Crippen molar-refractivity contribution in [2.45, 2.75) is 14.7 Å². The van der Waals surface area contributed by atoms with E-state index in [9.17, 15) is 59.2 Å². The first-order valence-electron chi connectivity index (χ1n) is 19.6. The van der Waals surface area contributed by atoms with Crippen LogP contribution in [0.5, 0.6) is 11.5 Å². The molecule has 0 saturated heterocycles. The van der Waals surface area contributed by atoms with E-state index in [1.165, 1.54) is 24.3 Å². The predicted octanol–water partition coefficient (Wildman–Crippen LogP) is -20.7. The van der Waals surface area contributed by atoms with Gasteiger partial charge in [-0.3, -0.25) is 10.1 Å². The zero-order valence-electron chi connectivity index (χ0n) is 47.5. The zero-order chi connectivity index (χ0) is 64.0. The number of phenols is 2.